The van der Waals surface area contributed by atoms with E-state index in [4.69, 9.17) is 5.41 Å². The third-order valence-electron chi connectivity index (χ3n) is 2.03. The smallest absolute Gasteiger partial charge is 0.123 e. The van der Waals surface area contributed by atoms with E-state index in [0.717, 1.165) is 13.2 Å². The van der Waals surface area contributed by atoms with Crippen molar-refractivity contribution in [1.82, 2.24) is 15.2 Å². The van der Waals surface area contributed by atoms with Gasteiger partial charge in [0.1, 0.15) is 5.84 Å². The van der Waals surface area contributed by atoms with Gasteiger partial charge in [-0.15, -0.1) is 0 Å². The Morgan fingerprint density at radius 3 is 2.75 bits per heavy atom. The molecule has 0 spiro atoms. The average Bonchev–Trinajstić information content (AvgIpc) is 2.77. The molecule has 0 aromatic carbocycles. The first-order valence-electron chi connectivity index (χ1n) is 4.04. The summed E-state index contributed by atoms with van der Waals surface area (Å²) in [7, 11) is 0. The lowest BCUT2D eigenvalue weighted by Crippen LogP contribution is -2.36. The summed E-state index contributed by atoms with van der Waals surface area (Å²) in [6, 6.07) is 4.01. The minimum atomic E-state index is 0.150. The monoisotopic (exact) mass is 164 g/mol. The molecule has 1 fully saturated rings. The van der Waals surface area contributed by atoms with Gasteiger partial charge in [0.15, 0.2) is 0 Å². The van der Waals surface area contributed by atoms with Crippen LogP contribution in [-0.4, -0.2) is 29.7 Å². The second-order valence-electron chi connectivity index (χ2n) is 2.86. The lowest BCUT2D eigenvalue weighted by atomic mass is 10.3. The molecule has 1 aromatic heterocycles. The predicted molar refractivity (Wildman–Crippen MR) is 47.4 cm³/mol. The number of nitrogens with one attached hydrogen (secondary N) is 3. The zero-order chi connectivity index (χ0) is 8.39. The Hall–Kier alpha value is -1.13. The van der Waals surface area contributed by atoms with E-state index in [1.54, 1.807) is 0 Å². The van der Waals surface area contributed by atoms with Crippen LogP contribution in [0.2, 0.25) is 0 Å². The fraction of sp³-hybridized carbons (Fsp3) is 0.375. The van der Waals surface area contributed by atoms with Crippen LogP contribution >= 0.6 is 0 Å². The number of hydrogen-bond acceptors (Lipinski definition) is 3. The summed E-state index contributed by atoms with van der Waals surface area (Å²) in [5, 5.41) is 14.1. The average molecular weight is 164 g/mol. The Kier molecular flexibility index (Phi) is 1.93. The number of nitrogens with zero attached hydrogens (tertiary/aromatic N) is 1. The molecule has 0 saturated carbocycles. The molecular weight excluding hydrogens is 152 g/mol. The summed E-state index contributed by atoms with van der Waals surface area (Å²) < 4.78 is 1.82. The van der Waals surface area contributed by atoms with Crippen molar-refractivity contribution in [1.29, 1.82) is 5.41 Å². The van der Waals surface area contributed by atoms with Crippen LogP contribution < -0.4 is 10.6 Å². The van der Waals surface area contributed by atoms with Crippen molar-refractivity contribution >= 4 is 5.84 Å². The summed E-state index contributed by atoms with van der Waals surface area (Å²) in [5.74, 6) is 0.602. The highest BCUT2D eigenvalue weighted by molar-refractivity contribution is 5.87. The molecule has 4 nitrogen and oxygen atoms in total. The fourth-order valence-electron chi connectivity index (χ4n) is 1.35. The zero-order valence-corrected chi connectivity index (χ0v) is 6.75. The fourth-order valence-corrected chi connectivity index (χ4v) is 1.35. The topological polar surface area (TPSA) is 52.8 Å². The van der Waals surface area contributed by atoms with E-state index >= 15 is 0 Å². The van der Waals surface area contributed by atoms with Gasteiger partial charge in [-0.05, 0) is 12.1 Å². The van der Waals surface area contributed by atoms with Crippen molar-refractivity contribution in [2.45, 2.75) is 6.04 Å². The van der Waals surface area contributed by atoms with Crippen molar-refractivity contribution < 1.29 is 0 Å². The molecule has 0 amide bonds. The van der Waals surface area contributed by atoms with E-state index in [9.17, 15) is 0 Å². The van der Waals surface area contributed by atoms with E-state index in [0.29, 0.717) is 5.84 Å². The number of hydrogen-bond donors (Lipinski definition) is 3. The maximum Gasteiger partial charge on any atom is 0.123 e. The molecule has 0 aliphatic carbocycles. The minimum Gasteiger partial charge on any atom is -0.311 e. The second kappa shape index (κ2) is 3.08. The van der Waals surface area contributed by atoms with Crippen molar-refractivity contribution in [2.24, 2.45) is 0 Å². The Balaban J connectivity index is 2.09. The first-order valence-corrected chi connectivity index (χ1v) is 4.04. The van der Waals surface area contributed by atoms with Crippen molar-refractivity contribution in [2.75, 3.05) is 13.2 Å². The highest BCUT2D eigenvalue weighted by Crippen LogP contribution is 1.96. The second-order valence-corrected chi connectivity index (χ2v) is 2.86. The Morgan fingerprint density at radius 2 is 2.17 bits per heavy atom. The summed E-state index contributed by atoms with van der Waals surface area (Å²) in [5.41, 5.74) is 0. The van der Waals surface area contributed by atoms with Gasteiger partial charge in [-0.3, -0.25) is 10.7 Å². The van der Waals surface area contributed by atoms with Gasteiger partial charge in [0.2, 0.25) is 0 Å². The van der Waals surface area contributed by atoms with Crippen LogP contribution in [0.1, 0.15) is 0 Å². The van der Waals surface area contributed by atoms with Gasteiger partial charge in [0.05, 0.1) is 6.04 Å². The lowest BCUT2D eigenvalue weighted by molar-refractivity contribution is 0.754. The third-order valence-corrected chi connectivity index (χ3v) is 2.03. The van der Waals surface area contributed by atoms with Crippen molar-refractivity contribution in [3.05, 3.63) is 24.5 Å². The number of aromatic nitrogens is 1. The molecule has 12 heavy (non-hydrogen) atoms. The highest BCUT2D eigenvalue weighted by atomic mass is 15.2. The molecule has 1 aromatic rings. The first kappa shape index (κ1) is 7.52. The van der Waals surface area contributed by atoms with Gasteiger partial charge in [0.25, 0.3) is 0 Å². The van der Waals surface area contributed by atoms with Crippen LogP contribution in [0.5, 0.6) is 0 Å². The summed E-state index contributed by atoms with van der Waals surface area (Å²) in [6.45, 7) is 1.64. The standard InChI is InChI=1S/C8H12N4/c9-8(7-5-10-6-11-7)12-3-1-2-4-12/h1-4,7,9-11H,5-6H2. The molecule has 2 heterocycles. The molecule has 1 aliphatic heterocycles. The van der Waals surface area contributed by atoms with Crippen LogP contribution in [0.3, 0.4) is 0 Å². The molecule has 64 valence electrons. The van der Waals surface area contributed by atoms with Gasteiger partial charge in [-0.1, -0.05) is 0 Å². The van der Waals surface area contributed by atoms with Gasteiger partial charge in [-0.25, -0.2) is 0 Å². The third kappa shape index (κ3) is 1.26. The summed E-state index contributed by atoms with van der Waals surface area (Å²) >= 11 is 0. The molecule has 1 saturated heterocycles. The SMILES string of the molecule is N=C(C1CNCN1)n1cccc1. The zero-order valence-electron chi connectivity index (χ0n) is 6.75. The van der Waals surface area contributed by atoms with E-state index in [2.05, 4.69) is 10.6 Å². The summed E-state index contributed by atoms with van der Waals surface area (Å²) in [6.07, 6.45) is 3.78. The van der Waals surface area contributed by atoms with Gasteiger partial charge < -0.3 is 9.88 Å². The molecule has 0 bridgehead atoms. The largest absolute Gasteiger partial charge is 0.311 e. The van der Waals surface area contributed by atoms with Gasteiger partial charge in [-0.2, -0.15) is 0 Å². The predicted octanol–water partition coefficient (Wildman–Crippen LogP) is -0.168. The van der Waals surface area contributed by atoms with Crippen molar-refractivity contribution in [3.63, 3.8) is 0 Å². The van der Waals surface area contributed by atoms with Crippen LogP contribution in [0.4, 0.5) is 0 Å². The van der Waals surface area contributed by atoms with E-state index in [-0.39, 0.29) is 6.04 Å². The quantitative estimate of drug-likeness (QED) is 0.399. The molecule has 0 radical (unpaired) electrons. The van der Waals surface area contributed by atoms with E-state index in [1.807, 2.05) is 29.1 Å². The molecule has 1 unspecified atom stereocenters. The Labute approximate surface area is 71.1 Å². The maximum absolute atomic E-state index is 7.80. The summed E-state index contributed by atoms with van der Waals surface area (Å²) in [4.78, 5) is 0. The molecular formula is C8H12N4. The molecule has 4 heteroatoms. The van der Waals surface area contributed by atoms with Crippen LogP contribution in [-0.2, 0) is 0 Å². The lowest BCUT2D eigenvalue weighted by Gasteiger charge is -2.11. The molecule has 1 aliphatic rings. The highest BCUT2D eigenvalue weighted by Gasteiger charge is 2.18. The minimum absolute atomic E-state index is 0.150. The first-order chi connectivity index (χ1) is 5.88. The van der Waals surface area contributed by atoms with Crippen LogP contribution in [0, 0.1) is 5.41 Å². The van der Waals surface area contributed by atoms with Gasteiger partial charge in [0, 0.05) is 25.6 Å². The van der Waals surface area contributed by atoms with Gasteiger partial charge >= 0.3 is 0 Å². The normalized spacial score (nSPS) is 22.8. The van der Waals surface area contributed by atoms with E-state index < -0.39 is 0 Å². The van der Waals surface area contributed by atoms with Crippen LogP contribution in [0.15, 0.2) is 24.5 Å². The molecule has 2 rings (SSSR count). The maximum atomic E-state index is 7.80. The molecule has 1 atom stereocenters. The van der Waals surface area contributed by atoms with Crippen LogP contribution in [0.25, 0.3) is 0 Å². The van der Waals surface area contributed by atoms with E-state index in [1.165, 1.54) is 0 Å². The molecule has 3 N–H and O–H groups in total. The van der Waals surface area contributed by atoms with Crippen molar-refractivity contribution in [3.8, 4) is 0 Å². The Morgan fingerprint density at radius 1 is 1.42 bits per heavy atom. The number of rotatable bonds is 1. The Bertz CT molecular complexity index is 259.